The smallest absolute Gasteiger partial charge is 0.259 e. The van der Waals surface area contributed by atoms with Crippen LogP contribution in [0.3, 0.4) is 0 Å². The lowest BCUT2D eigenvalue weighted by Gasteiger charge is -2.07. The summed E-state index contributed by atoms with van der Waals surface area (Å²) < 4.78 is 5.55. The first-order valence-electron chi connectivity index (χ1n) is 8.30. The van der Waals surface area contributed by atoms with E-state index in [4.69, 9.17) is 9.51 Å². The molecule has 0 radical (unpaired) electrons. The van der Waals surface area contributed by atoms with E-state index in [0.717, 1.165) is 22.2 Å². The molecule has 25 heavy (non-hydrogen) atoms. The molecule has 0 unspecified atom stereocenters. The number of fused-ring (bicyclic) bond motifs is 1. The number of hydrogen-bond acceptors (Lipinski definition) is 6. The molecule has 1 aliphatic rings. The van der Waals surface area contributed by atoms with E-state index < -0.39 is 0 Å². The summed E-state index contributed by atoms with van der Waals surface area (Å²) in [6, 6.07) is 8.34. The highest BCUT2D eigenvalue weighted by molar-refractivity contribution is 5.93. The van der Waals surface area contributed by atoms with Crippen molar-refractivity contribution >= 4 is 10.9 Å². The number of rotatable bonds is 3. The topological polar surface area (TPSA) is 77.6 Å². The van der Waals surface area contributed by atoms with Gasteiger partial charge in [0.15, 0.2) is 0 Å². The van der Waals surface area contributed by atoms with Gasteiger partial charge in [-0.1, -0.05) is 16.8 Å². The van der Waals surface area contributed by atoms with E-state index in [2.05, 4.69) is 51.3 Å². The molecular weight excluding hydrogens is 314 g/mol. The molecular formula is C19H15N5O. The van der Waals surface area contributed by atoms with Crippen molar-refractivity contribution < 1.29 is 4.52 Å². The molecule has 0 saturated heterocycles. The Balaban J connectivity index is 1.69. The zero-order valence-corrected chi connectivity index (χ0v) is 13.7. The predicted molar refractivity (Wildman–Crippen MR) is 92.8 cm³/mol. The average Bonchev–Trinajstić information content (AvgIpc) is 3.38. The van der Waals surface area contributed by atoms with Gasteiger partial charge in [0.05, 0.1) is 17.3 Å². The Morgan fingerprint density at radius 2 is 2.00 bits per heavy atom. The third kappa shape index (κ3) is 2.55. The lowest BCUT2D eigenvalue weighted by Crippen LogP contribution is -1.93. The Labute approximate surface area is 144 Å². The molecule has 0 N–H and O–H groups in total. The predicted octanol–water partition coefficient (Wildman–Crippen LogP) is 3.93. The minimum atomic E-state index is 0.439. The van der Waals surface area contributed by atoms with Crippen LogP contribution in [0.1, 0.15) is 30.0 Å². The molecule has 5 rings (SSSR count). The Morgan fingerprint density at radius 1 is 1.08 bits per heavy atom. The highest BCUT2D eigenvalue weighted by atomic mass is 16.5. The molecule has 1 aliphatic carbocycles. The molecule has 3 heterocycles. The molecule has 1 saturated carbocycles. The number of hydrogen-bond donors (Lipinski definition) is 0. The molecule has 122 valence electrons. The van der Waals surface area contributed by atoms with Crippen molar-refractivity contribution in [3.8, 4) is 23.0 Å². The van der Waals surface area contributed by atoms with Gasteiger partial charge in [-0.15, -0.1) is 0 Å². The summed E-state index contributed by atoms with van der Waals surface area (Å²) in [6.07, 6.45) is 7.24. The number of pyridine rings is 1. The third-order valence-electron chi connectivity index (χ3n) is 4.43. The normalized spacial score (nSPS) is 14.1. The second kappa shape index (κ2) is 5.44. The van der Waals surface area contributed by atoms with Crippen molar-refractivity contribution in [2.45, 2.75) is 25.7 Å². The SMILES string of the molecule is Cc1ccc2nc(C3CC3)cc(-c3nc(-c4cnccn4)no3)c2c1. The fourth-order valence-corrected chi connectivity index (χ4v) is 2.98. The van der Waals surface area contributed by atoms with Gasteiger partial charge in [-0.25, -0.2) is 4.98 Å². The van der Waals surface area contributed by atoms with E-state index in [-0.39, 0.29) is 0 Å². The van der Waals surface area contributed by atoms with Crippen molar-refractivity contribution in [3.63, 3.8) is 0 Å². The first kappa shape index (κ1) is 14.2. The fraction of sp³-hybridized carbons (Fsp3) is 0.211. The summed E-state index contributed by atoms with van der Waals surface area (Å²) in [4.78, 5) is 17.6. The molecule has 0 atom stereocenters. The van der Waals surface area contributed by atoms with E-state index >= 15 is 0 Å². The number of benzene rings is 1. The monoisotopic (exact) mass is 329 g/mol. The molecule has 4 aromatic rings. The third-order valence-corrected chi connectivity index (χ3v) is 4.43. The second-order valence-corrected chi connectivity index (χ2v) is 6.40. The van der Waals surface area contributed by atoms with Crippen molar-refractivity contribution in [2.24, 2.45) is 0 Å². The van der Waals surface area contributed by atoms with Gasteiger partial charge in [-0.2, -0.15) is 4.98 Å². The molecule has 6 nitrogen and oxygen atoms in total. The summed E-state index contributed by atoms with van der Waals surface area (Å²) in [5, 5.41) is 5.10. The van der Waals surface area contributed by atoms with Crippen molar-refractivity contribution in [2.75, 3.05) is 0 Å². The van der Waals surface area contributed by atoms with E-state index in [1.807, 2.05) is 0 Å². The number of aromatic nitrogens is 5. The van der Waals surface area contributed by atoms with Gasteiger partial charge in [0.1, 0.15) is 5.69 Å². The molecule has 0 spiro atoms. The average molecular weight is 329 g/mol. The van der Waals surface area contributed by atoms with Crippen molar-refractivity contribution in [1.29, 1.82) is 0 Å². The highest BCUT2D eigenvalue weighted by Gasteiger charge is 2.27. The van der Waals surface area contributed by atoms with Gasteiger partial charge in [0.25, 0.3) is 5.89 Å². The van der Waals surface area contributed by atoms with Gasteiger partial charge in [0, 0.05) is 29.4 Å². The Bertz CT molecular complexity index is 1070. The molecule has 1 aromatic carbocycles. The maximum atomic E-state index is 5.55. The minimum absolute atomic E-state index is 0.439. The Hall–Kier alpha value is -3.15. The summed E-state index contributed by atoms with van der Waals surface area (Å²) in [6.45, 7) is 2.07. The van der Waals surface area contributed by atoms with E-state index in [0.29, 0.717) is 23.3 Å². The first-order valence-corrected chi connectivity index (χ1v) is 8.30. The van der Waals surface area contributed by atoms with Gasteiger partial charge >= 0.3 is 0 Å². The second-order valence-electron chi connectivity index (χ2n) is 6.40. The molecule has 1 fully saturated rings. The summed E-state index contributed by atoms with van der Waals surface area (Å²) in [5.74, 6) is 1.47. The molecule has 3 aromatic heterocycles. The quantitative estimate of drug-likeness (QED) is 0.567. The largest absolute Gasteiger partial charge is 0.334 e. The van der Waals surface area contributed by atoms with Gasteiger partial charge < -0.3 is 4.52 Å². The van der Waals surface area contributed by atoms with E-state index in [1.54, 1.807) is 18.6 Å². The standard InChI is InChI=1S/C19H15N5O/c1-11-2-5-15-13(8-11)14(9-16(22-15)12-3-4-12)19-23-18(24-25-19)17-10-20-6-7-21-17/h2,5-10,12H,3-4H2,1H3. The summed E-state index contributed by atoms with van der Waals surface area (Å²) in [5.41, 5.74) is 4.76. The Kier molecular flexibility index (Phi) is 3.09. The molecule has 0 bridgehead atoms. The van der Waals surface area contributed by atoms with Crippen LogP contribution in [0.5, 0.6) is 0 Å². The van der Waals surface area contributed by atoms with E-state index in [9.17, 15) is 0 Å². The van der Waals surface area contributed by atoms with Crippen LogP contribution < -0.4 is 0 Å². The van der Waals surface area contributed by atoms with Crippen LogP contribution in [-0.4, -0.2) is 25.1 Å². The maximum absolute atomic E-state index is 5.55. The summed E-state index contributed by atoms with van der Waals surface area (Å²) in [7, 11) is 0. The van der Waals surface area contributed by atoms with Gasteiger partial charge in [0.2, 0.25) is 5.82 Å². The highest BCUT2D eigenvalue weighted by Crippen LogP contribution is 2.41. The maximum Gasteiger partial charge on any atom is 0.259 e. The lowest BCUT2D eigenvalue weighted by molar-refractivity contribution is 0.432. The fourth-order valence-electron chi connectivity index (χ4n) is 2.98. The Morgan fingerprint density at radius 3 is 2.80 bits per heavy atom. The van der Waals surface area contributed by atoms with Crippen molar-refractivity contribution in [1.82, 2.24) is 25.1 Å². The van der Waals surface area contributed by atoms with Crippen LogP contribution >= 0.6 is 0 Å². The molecule has 6 heteroatoms. The molecule has 0 amide bonds. The van der Waals surface area contributed by atoms with Crippen LogP contribution in [0.25, 0.3) is 33.9 Å². The molecule has 0 aliphatic heterocycles. The zero-order valence-electron chi connectivity index (χ0n) is 13.7. The van der Waals surface area contributed by atoms with Crippen LogP contribution in [0.15, 0.2) is 47.4 Å². The zero-order chi connectivity index (χ0) is 16.8. The van der Waals surface area contributed by atoms with Crippen LogP contribution in [0.2, 0.25) is 0 Å². The number of aryl methyl sites for hydroxylation is 1. The van der Waals surface area contributed by atoms with Gasteiger partial charge in [-0.05, 0) is 38.0 Å². The van der Waals surface area contributed by atoms with Gasteiger partial charge in [-0.3, -0.25) is 9.97 Å². The van der Waals surface area contributed by atoms with Crippen LogP contribution in [-0.2, 0) is 0 Å². The van der Waals surface area contributed by atoms with E-state index in [1.165, 1.54) is 18.4 Å². The first-order chi connectivity index (χ1) is 12.3. The van der Waals surface area contributed by atoms with Crippen LogP contribution in [0.4, 0.5) is 0 Å². The van der Waals surface area contributed by atoms with Crippen LogP contribution in [0, 0.1) is 6.92 Å². The van der Waals surface area contributed by atoms with Crippen molar-refractivity contribution in [3.05, 3.63) is 54.1 Å². The number of nitrogens with zero attached hydrogens (tertiary/aromatic N) is 5. The lowest BCUT2D eigenvalue weighted by atomic mass is 10.0. The summed E-state index contributed by atoms with van der Waals surface area (Å²) >= 11 is 0. The minimum Gasteiger partial charge on any atom is -0.334 e.